The van der Waals surface area contributed by atoms with Gasteiger partial charge in [-0.3, -0.25) is 0 Å². The van der Waals surface area contributed by atoms with Gasteiger partial charge in [-0.05, 0) is 49.4 Å². The first kappa shape index (κ1) is 12.9. The molecule has 1 aromatic carbocycles. The zero-order chi connectivity index (χ0) is 12.1. The Morgan fingerprint density at radius 3 is 2.88 bits per heavy atom. The number of nitrogens with one attached hydrogen (secondary N) is 1. The molecule has 1 nitrogen and oxygen atoms in total. The van der Waals surface area contributed by atoms with Crippen LogP contribution in [0.15, 0.2) is 24.3 Å². The predicted molar refractivity (Wildman–Crippen MR) is 74.7 cm³/mol. The van der Waals surface area contributed by atoms with Gasteiger partial charge in [-0.1, -0.05) is 43.5 Å². The smallest absolute Gasteiger partial charge is 0.0408 e. The maximum atomic E-state index is 6.09. The Hall–Kier alpha value is -0.530. The van der Waals surface area contributed by atoms with Crippen LogP contribution < -0.4 is 5.32 Å². The van der Waals surface area contributed by atoms with Crippen LogP contribution in [0.4, 0.5) is 0 Å². The van der Waals surface area contributed by atoms with E-state index in [-0.39, 0.29) is 0 Å². The van der Waals surface area contributed by atoms with E-state index < -0.39 is 0 Å². The van der Waals surface area contributed by atoms with Crippen LogP contribution in [0.2, 0.25) is 5.02 Å². The lowest BCUT2D eigenvalue weighted by atomic mass is 9.90. The summed E-state index contributed by atoms with van der Waals surface area (Å²) < 4.78 is 0. The zero-order valence-corrected chi connectivity index (χ0v) is 11.3. The molecule has 0 spiro atoms. The molecule has 2 unspecified atom stereocenters. The minimum Gasteiger partial charge on any atom is -0.314 e. The normalized spacial score (nSPS) is 25.5. The van der Waals surface area contributed by atoms with Gasteiger partial charge in [0.25, 0.3) is 0 Å². The summed E-state index contributed by atoms with van der Waals surface area (Å²) in [5.74, 6) is 0.681. The van der Waals surface area contributed by atoms with Crippen LogP contribution in [0.5, 0.6) is 0 Å². The maximum absolute atomic E-state index is 6.09. The van der Waals surface area contributed by atoms with Crippen LogP contribution >= 0.6 is 11.6 Å². The van der Waals surface area contributed by atoms with Crippen molar-refractivity contribution in [2.24, 2.45) is 0 Å². The minimum absolute atomic E-state index is 0.681. The molecule has 2 rings (SSSR count). The number of rotatable bonds is 3. The summed E-state index contributed by atoms with van der Waals surface area (Å²) in [5.41, 5.74) is 1.42. The third-order valence-electron chi connectivity index (χ3n) is 3.74. The summed E-state index contributed by atoms with van der Waals surface area (Å²) in [5, 5.41) is 4.47. The highest BCUT2D eigenvalue weighted by Gasteiger charge is 2.20. The van der Waals surface area contributed by atoms with E-state index in [9.17, 15) is 0 Å². The number of hydrogen-bond acceptors (Lipinski definition) is 1. The summed E-state index contributed by atoms with van der Waals surface area (Å²) in [4.78, 5) is 0. The molecule has 0 amide bonds. The molecule has 1 aromatic rings. The lowest BCUT2D eigenvalue weighted by Gasteiger charge is -2.21. The van der Waals surface area contributed by atoms with Crippen LogP contribution in [0.1, 0.15) is 50.5 Å². The second-order valence-electron chi connectivity index (χ2n) is 5.03. The number of benzene rings is 1. The van der Waals surface area contributed by atoms with Crippen molar-refractivity contribution < 1.29 is 0 Å². The Kier molecular flexibility index (Phi) is 4.87. The van der Waals surface area contributed by atoms with Gasteiger partial charge in [0.05, 0.1) is 0 Å². The van der Waals surface area contributed by atoms with Crippen LogP contribution in [0.25, 0.3) is 0 Å². The van der Waals surface area contributed by atoms with Gasteiger partial charge in [-0.2, -0.15) is 0 Å². The predicted octanol–water partition coefficient (Wildman–Crippen LogP) is 4.37. The Morgan fingerprint density at radius 1 is 1.29 bits per heavy atom. The molecule has 2 heteroatoms. The highest BCUT2D eigenvalue weighted by Crippen LogP contribution is 2.32. The topological polar surface area (TPSA) is 12.0 Å². The Bertz CT molecular complexity index is 351. The third-order valence-corrected chi connectivity index (χ3v) is 3.97. The summed E-state index contributed by atoms with van der Waals surface area (Å²) in [7, 11) is 0. The molecular formula is C15H22ClN. The monoisotopic (exact) mass is 251 g/mol. The van der Waals surface area contributed by atoms with E-state index in [1.807, 2.05) is 6.07 Å². The lowest BCUT2D eigenvalue weighted by Crippen LogP contribution is -2.29. The molecule has 0 aliphatic heterocycles. The van der Waals surface area contributed by atoms with Gasteiger partial charge in [-0.15, -0.1) is 0 Å². The van der Waals surface area contributed by atoms with Gasteiger partial charge in [0.2, 0.25) is 0 Å². The first-order valence-electron chi connectivity index (χ1n) is 6.78. The number of hydrogen-bond donors (Lipinski definition) is 1. The second-order valence-corrected chi connectivity index (χ2v) is 5.46. The highest BCUT2D eigenvalue weighted by atomic mass is 35.5. The molecule has 0 saturated heterocycles. The van der Waals surface area contributed by atoms with Gasteiger partial charge in [0.15, 0.2) is 0 Å². The molecule has 17 heavy (non-hydrogen) atoms. The van der Waals surface area contributed by atoms with Gasteiger partial charge in [-0.25, -0.2) is 0 Å². The van der Waals surface area contributed by atoms with Crippen molar-refractivity contribution in [2.45, 2.75) is 51.0 Å². The highest BCUT2D eigenvalue weighted by molar-refractivity contribution is 6.30. The summed E-state index contributed by atoms with van der Waals surface area (Å²) in [6, 6.07) is 9.09. The molecule has 0 radical (unpaired) electrons. The molecule has 0 aromatic heterocycles. The Morgan fingerprint density at radius 2 is 2.12 bits per heavy atom. The summed E-state index contributed by atoms with van der Waals surface area (Å²) in [6.45, 7) is 3.27. The third kappa shape index (κ3) is 3.72. The van der Waals surface area contributed by atoms with Crippen molar-refractivity contribution in [3.63, 3.8) is 0 Å². The molecule has 94 valence electrons. The van der Waals surface area contributed by atoms with Crippen LogP contribution in [0, 0.1) is 0 Å². The van der Waals surface area contributed by atoms with E-state index in [1.54, 1.807) is 0 Å². The second kappa shape index (κ2) is 6.42. The molecule has 1 saturated carbocycles. The first-order chi connectivity index (χ1) is 8.29. The van der Waals surface area contributed by atoms with Crippen molar-refractivity contribution >= 4 is 11.6 Å². The van der Waals surface area contributed by atoms with Crippen molar-refractivity contribution in [3.05, 3.63) is 34.9 Å². The van der Waals surface area contributed by atoms with Crippen LogP contribution in [-0.2, 0) is 0 Å². The van der Waals surface area contributed by atoms with Crippen molar-refractivity contribution in [2.75, 3.05) is 6.54 Å². The molecule has 1 aliphatic carbocycles. The van der Waals surface area contributed by atoms with Crippen molar-refractivity contribution in [1.82, 2.24) is 5.32 Å². The fourth-order valence-electron chi connectivity index (χ4n) is 2.90. The Balaban J connectivity index is 2.08. The zero-order valence-electron chi connectivity index (χ0n) is 10.6. The van der Waals surface area contributed by atoms with Crippen molar-refractivity contribution in [3.8, 4) is 0 Å². The van der Waals surface area contributed by atoms with E-state index in [0.29, 0.717) is 12.0 Å². The molecule has 2 atom stereocenters. The SMILES string of the molecule is CCNC1CCCCC(c2cccc(Cl)c2)C1. The molecular weight excluding hydrogens is 230 g/mol. The fraction of sp³-hybridized carbons (Fsp3) is 0.600. The molecule has 0 bridgehead atoms. The Labute approximate surface area is 110 Å². The molecule has 1 N–H and O–H groups in total. The molecule has 1 fully saturated rings. The van der Waals surface area contributed by atoms with Gasteiger partial charge < -0.3 is 5.32 Å². The molecule has 1 aliphatic rings. The van der Waals surface area contributed by atoms with Gasteiger partial charge in [0.1, 0.15) is 0 Å². The standard InChI is InChI=1S/C15H22ClN/c1-2-17-15-9-4-3-6-13(11-15)12-7-5-8-14(16)10-12/h5,7-8,10,13,15,17H,2-4,6,9,11H2,1H3. The minimum atomic E-state index is 0.681. The summed E-state index contributed by atoms with van der Waals surface area (Å²) in [6.07, 6.45) is 6.59. The van der Waals surface area contributed by atoms with Gasteiger partial charge >= 0.3 is 0 Å². The van der Waals surface area contributed by atoms with Crippen molar-refractivity contribution in [1.29, 1.82) is 0 Å². The first-order valence-corrected chi connectivity index (χ1v) is 7.16. The van der Waals surface area contributed by atoms with E-state index in [0.717, 1.165) is 11.6 Å². The van der Waals surface area contributed by atoms with E-state index in [2.05, 4.69) is 30.4 Å². The fourth-order valence-corrected chi connectivity index (χ4v) is 3.10. The average Bonchev–Trinajstić information content (AvgIpc) is 2.55. The van der Waals surface area contributed by atoms with E-state index in [1.165, 1.54) is 37.7 Å². The quantitative estimate of drug-likeness (QED) is 0.787. The summed E-state index contributed by atoms with van der Waals surface area (Å²) >= 11 is 6.09. The van der Waals surface area contributed by atoms with Gasteiger partial charge in [0, 0.05) is 11.1 Å². The van der Waals surface area contributed by atoms with E-state index >= 15 is 0 Å². The van der Waals surface area contributed by atoms with Crippen LogP contribution in [0.3, 0.4) is 0 Å². The lowest BCUT2D eigenvalue weighted by molar-refractivity contribution is 0.449. The number of halogens is 1. The average molecular weight is 252 g/mol. The van der Waals surface area contributed by atoms with E-state index in [4.69, 9.17) is 11.6 Å². The maximum Gasteiger partial charge on any atom is 0.0408 e. The van der Waals surface area contributed by atoms with Crippen LogP contribution in [-0.4, -0.2) is 12.6 Å². The molecule has 0 heterocycles. The largest absolute Gasteiger partial charge is 0.314 e.